The number of benzene rings is 2. The van der Waals surface area contributed by atoms with E-state index in [1.165, 1.54) is 53.1 Å². The van der Waals surface area contributed by atoms with Gasteiger partial charge in [-0.3, -0.25) is 14.9 Å². The SMILES string of the molecule is CC(C)N(C(=O)c1cc(F)ccc1Oc1cncnc1N1CC[C@@H](CN2CCC3(CC2)CCN(S(=O)(=O)c2ccc([N+](=O)[O-])cc2)CC3)C1)C(C)C. The minimum Gasteiger partial charge on any atom is -0.451 e. The summed E-state index contributed by atoms with van der Waals surface area (Å²) in [5.74, 6) is 0.891. The van der Waals surface area contributed by atoms with Gasteiger partial charge in [-0.25, -0.2) is 22.8 Å². The van der Waals surface area contributed by atoms with Gasteiger partial charge >= 0.3 is 0 Å². The first-order chi connectivity index (χ1) is 24.8. The van der Waals surface area contributed by atoms with Crippen LogP contribution in [-0.4, -0.2) is 101 Å². The first-order valence-electron chi connectivity index (χ1n) is 18.1. The predicted molar refractivity (Wildman–Crippen MR) is 194 cm³/mol. The molecule has 1 aromatic heterocycles. The minimum absolute atomic E-state index is 0.0839. The molecule has 3 saturated heterocycles. The fourth-order valence-electron chi connectivity index (χ4n) is 8.04. The summed E-state index contributed by atoms with van der Waals surface area (Å²) >= 11 is 0. The largest absolute Gasteiger partial charge is 0.451 e. The van der Waals surface area contributed by atoms with Gasteiger partial charge < -0.3 is 19.4 Å². The third kappa shape index (κ3) is 8.06. The van der Waals surface area contributed by atoms with E-state index >= 15 is 0 Å². The summed E-state index contributed by atoms with van der Waals surface area (Å²) in [7, 11) is -3.71. The summed E-state index contributed by atoms with van der Waals surface area (Å²) in [4.78, 5) is 39.3. The molecule has 3 aliphatic rings. The molecule has 2 aromatic carbocycles. The molecule has 0 aliphatic carbocycles. The zero-order valence-corrected chi connectivity index (χ0v) is 31.1. The maximum atomic E-state index is 14.4. The van der Waals surface area contributed by atoms with Crippen LogP contribution in [0.15, 0.2) is 59.9 Å². The predicted octanol–water partition coefficient (Wildman–Crippen LogP) is 5.97. The monoisotopic (exact) mass is 737 g/mol. The number of piperidine rings is 2. The van der Waals surface area contributed by atoms with E-state index < -0.39 is 20.8 Å². The molecule has 6 rings (SSSR count). The number of sulfonamides is 1. The Morgan fingerprint density at radius 3 is 2.29 bits per heavy atom. The number of carbonyl (C=O) groups is 1. The number of hydrogen-bond acceptors (Lipinski definition) is 10. The Balaban J connectivity index is 1.03. The highest BCUT2D eigenvalue weighted by molar-refractivity contribution is 7.89. The van der Waals surface area contributed by atoms with E-state index in [9.17, 15) is 27.7 Å². The zero-order valence-electron chi connectivity index (χ0n) is 30.3. The van der Waals surface area contributed by atoms with E-state index in [2.05, 4.69) is 19.8 Å². The Bertz CT molecular complexity index is 1850. The first kappa shape index (κ1) is 37.5. The van der Waals surface area contributed by atoms with Crippen LogP contribution in [0.3, 0.4) is 0 Å². The van der Waals surface area contributed by atoms with Gasteiger partial charge in [-0.05, 0) is 115 Å². The van der Waals surface area contributed by atoms with E-state index in [1.54, 1.807) is 11.1 Å². The van der Waals surface area contributed by atoms with Crippen LogP contribution in [0.5, 0.6) is 11.5 Å². The topological polar surface area (TPSA) is 142 Å². The van der Waals surface area contributed by atoms with Crippen molar-refractivity contribution in [3.05, 3.63) is 76.5 Å². The van der Waals surface area contributed by atoms with Crippen molar-refractivity contribution in [2.45, 2.75) is 76.8 Å². The Labute approximate surface area is 305 Å². The molecule has 3 aromatic rings. The van der Waals surface area contributed by atoms with Crippen molar-refractivity contribution in [1.82, 2.24) is 24.1 Å². The van der Waals surface area contributed by atoms with Crippen molar-refractivity contribution in [2.75, 3.05) is 50.7 Å². The Morgan fingerprint density at radius 2 is 1.65 bits per heavy atom. The number of nitrogens with zero attached hydrogens (tertiary/aromatic N) is 7. The standard InChI is InChI=1S/C37H48FN7O6S/c1-26(2)44(27(3)4)36(46)32-21-29(38)5-10-33(32)51-34-22-39-25-40-35(34)42-16-11-28(24-42)23-41-17-12-37(13-18-41)14-19-43(20-15-37)52(49,50)31-8-6-30(7-9-31)45(47)48/h5-10,21-22,25-28H,11-20,23-24H2,1-4H3/t28-/m0/s1. The molecule has 0 bridgehead atoms. The molecule has 280 valence electrons. The molecule has 52 heavy (non-hydrogen) atoms. The highest BCUT2D eigenvalue weighted by Crippen LogP contribution is 2.43. The molecular weight excluding hydrogens is 690 g/mol. The minimum atomic E-state index is -3.71. The molecule has 1 spiro atoms. The summed E-state index contributed by atoms with van der Waals surface area (Å²) in [5.41, 5.74) is 0.136. The molecule has 0 unspecified atom stereocenters. The maximum Gasteiger partial charge on any atom is 0.269 e. The van der Waals surface area contributed by atoms with Crippen molar-refractivity contribution in [1.29, 1.82) is 0 Å². The number of nitro benzene ring substituents is 1. The van der Waals surface area contributed by atoms with Crippen LogP contribution < -0.4 is 9.64 Å². The number of halogens is 1. The van der Waals surface area contributed by atoms with Gasteiger partial charge in [0, 0.05) is 56.9 Å². The number of ether oxygens (including phenoxy) is 1. The fraction of sp³-hybridized carbons (Fsp3) is 0.541. The second-order valence-electron chi connectivity index (χ2n) is 14.9. The van der Waals surface area contributed by atoms with E-state index in [0.717, 1.165) is 64.8 Å². The van der Waals surface area contributed by atoms with Crippen molar-refractivity contribution in [3.8, 4) is 11.5 Å². The van der Waals surface area contributed by atoms with E-state index in [-0.39, 0.29) is 45.3 Å². The quantitative estimate of drug-likeness (QED) is 0.171. The van der Waals surface area contributed by atoms with Gasteiger partial charge in [0.25, 0.3) is 11.6 Å². The summed E-state index contributed by atoms with van der Waals surface area (Å²) in [5, 5.41) is 11.0. The molecule has 4 heterocycles. The van der Waals surface area contributed by atoms with E-state index in [0.29, 0.717) is 30.6 Å². The van der Waals surface area contributed by atoms with Crippen molar-refractivity contribution in [2.24, 2.45) is 11.3 Å². The highest BCUT2D eigenvalue weighted by Gasteiger charge is 2.41. The lowest BCUT2D eigenvalue weighted by Gasteiger charge is -2.46. The van der Waals surface area contributed by atoms with Crippen LogP contribution in [0.25, 0.3) is 0 Å². The number of hydrogen-bond donors (Lipinski definition) is 0. The second-order valence-corrected chi connectivity index (χ2v) is 16.8. The van der Waals surface area contributed by atoms with Crippen LogP contribution in [0.2, 0.25) is 0 Å². The number of amides is 1. The summed E-state index contributed by atoms with van der Waals surface area (Å²) in [6.07, 6.45) is 7.69. The number of nitro groups is 1. The summed E-state index contributed by atoms with van der Waals surface area (Å²) < 4.78 is 48.7. The number of aromatic nitrogens is 2. The average Bonchev–Trinajstić information content (AvgIpc) is 3.58. The zero-order chi connectivity index (χ0) is 37.2. The van der Waals surface area contributed by atoms with Gasteiger partial charge in [0.05, 0.1) is 21.6 Å². The number of non-ortho nitro benzene ring substituents is 1. The van der Waals surface area contributed by atoms with Crippen molar-refractivity contribution >= 4 is 27.4 Å². The number of carbonyl (C=O) groups excluding carboxylic acids is 1. The Morgan fingerprint density at radius 1 is 1.00 bits per heavy atom. The molecule has 13 nitrogen and oxygen atoms in total. The molecular formula is C37H48FN7O6S. The smallest absolute Gasteiger partial charge is 0.269 e. The molecule has 0 radical (unpaired) electrons. The highest BCUT2D eigenvalue weighted by atomic mass is 32.2. The van der Waals surface area contributed by atoms with E-state index in [1.807, 2.05) is 27.7 Å². The van der Waals surface area contributed by atoms with Gasteiger partial charge in [-0.1, -0.05) is 0 Å². The van der Waals surface area contributed by atoms with Crippen LogP contribution in [0, 0.1) is 27.3 Å². The van der Waals surface area contributed by atoms with Crippen LogP contribution in [0.4, 0.5) is 15.9 Å². The van der Waals surface area contributed by atoms with Gasteiger partial charge in [0.15, 0.2) is 11.6 Å². The summed E-state index contributed by atoms with van der Waals surface area (Å²) in [6.45, 7) is 13.0. The van der Waals surface area contributed by atoms with Gasteiger partial charge in [-0.2, -0.15) is 4.31 Å². The number of likely N-dealkylation sites (tertiary alicyclic amines) is 1. The van der Waals surface area contributed by atoms with Crippen molar-refractivity contribution < 1.29 is 27.3 Å². The molecule has 0 saturated carbocycles. The molecule has 3 aliphatic heterocycles. The normalized spacial score (nSPS) is 19.8. The molecule has 3 fully saturated rings. The summed E-state index contributed by atoms with van der Waals surface area (Å²) in [6, 6.07) is 8.93. The maximum absolute atomic E-state index is 14.4. The van der Waals surface area contributed by atoms with Gasteiger partial charge in [0.1, 0.15) is 17.9 Å². The molecule has 15 heteroatoms. The molecule has 1 atom stereocenters. The fourth-order valence-corrected chi connectivity index (χ4v) is 9.48. The Hall–Kier alpha value is -4.21. The first-order valence-corrected chi connectivity index (χ1v) is 19.5. The average molecular weight is 738 g/mol. The third-order valence-electron chi connectivity index (χ3n) is 10.9. The van der Waals surface area contributed by atoms with Crippen molar-refractivity contribution in [3.63, 3.8) is 0 Å². The van der Waals surface area contributed by atoms with Crippen LogP contribution >= 0.6 is 0 Å². The van der Waals surface area contributed by atoms with Crippen LogP contribution in [-0.2, 0) is 10.0 Å². The lowest BCUT2D eigenvalue weighted by molar-refractivity contribution is -0.384. The molecule has 0 N–H and O–H groups in total. The lowest BCUT2D eigenvalue weighted by atomic mass is 9.71. The van der Waals surface area contributed by atoms with E-state index in [4.69, 9.17) is 4.74 Å². The van der Waals surface area contributed by atoms with Crippen LogP contribution in [0.1, 0.15) is 70.2 Å². The third-order valence-corrected chi connectivity index (χ3v) is 12.8. The Kier molecular flexibility index (Phi) is 11.1. The lowest BCUT2D eigenvalue weighted by Crippen LogP contribution is -2.48. The van der Waals surface area contributed by atoms with Gasteiger partial charge in [-0.15, -0.1) is 0 Å². The number of rotatable bonds is 11. The van der Waals surface area contributed by atoms with Gasteiger partial charge in [0.2, 0.25) is 10.0 Å². The number of anilines is 1. The second kappa shape index (κ2) is 15.4. The molecule has 1 amide bonds.